The molecule has 4 aromatic rings. The molecule has 0 amide bonds. The first kappa shape index (κ1) is 24.8. The lowest BCUT2D eigenvalue weighted by Gasteiger charge is -2.34. The SMILES string of the molecule is O=C(O)c1ccc2sc([C@]3(O)CC[C@@H](OCc4c(-c5c(Cl)cccc5Cl)noc4C4CC4)CC3)nc2c1. The first-order valence-electron chi connectivity index (χ1n) is 12.2. The third-order valence-electron chi connectivity index (χ3n) is 7.22. The van der Waals surface area contributed by atoms with Crippen molar-refractivity contribution >= 4 is 50.7 Å². The molecule has 192 valence electrons. The molecule has 0 radical (unpaired) electrons. The molecule has 0 saturated heterocycles. The number of hydrogen-bond acceptors (Lipinski definition) is 7. The van der Waals surface area contributed by atoms with Crippen LogP contribution < -0.4 is 0 Å². The van der Waals surface area contributed by atoms with Crippen LogP contribution in [0.15, 0.2) is 40.9 Å². The van der Waals surface area contributed by atoms with Crippen molar-refractivity contribution in [2.45, 2.75) is 62.8 Å². The van der Waals surface area contributed by atoms with Gasteiger partial charge in [-0.1, -0.05) is 34.4 Å². The number of carboxylic acid groups (broad SMARTS) is 1. The zero-order valence-electron chi connectivity index (χ0n) is 19.7. The van der Waals surface area contributed by atoms with Gasteiger partial charge < -0.3 is 19.5 Å². The maximum absolute atomic E-state index is 11.4. The number of aliphatic hydroxyl groups is 1. The number of rotatable bonds is 7. The molecular formula is C27H24Cl2N2O5S. The molecule has 2 aromatic heterocycles. The first-order chi connectivity index (χ1) is 17.8. The summed E-state index contributed by atoms with van der Waals surface area (Å²) in [6.45, 7) is 0.328. The van der Waals surface area contributed by atoms with Crippen molar-refractivity contribution in [1.82, 2.24) is 10.1 Å². The number of aromatic nitrogens is 2. The lowest BCUT2D eigenvalue weighted by molar-refractivity contribution is -0.0640. The highest BCUT2D eigenvalue weighted by Crippen LogP contribution is 2.47. The Kier molecular flexibility index (Phi) is 6.49. The molecule has 7 nitrogen and oxygen atoms in total. The van der Waals surface area contributed by atoms with E-state index in [1.54, 1.807) is 36.4 Å². The number of carboxylic acids is 1. The van der Waals surface area contributed by atoms with Gasteiger partial charge in [0.15, 0.2) is 0 Å². The number of aromatic carboxylic acids is 1. The van der Waals surface area contributed by atoms with E-state index in [4.69, 9.17) is 32.5 Å². The smallest absolute Gasteiger partial charge is 0.335 e. The van der Waals surface area contributed by atoms with E-state index in [1.165, 1.54) is 11.3 Å². The molecule has 0 unspecified atom stereocenters. The van der Waals surface area contributed by atoms with Crippen LogP contribution >= 0.6 is 34.5 Å². The Labute approximate surface area is 227 Å². The van der Waals surface area contributed by atoms with Crippen LogP contribution in [0.1, 0.15) is 71.1 Å². The summed E-state index contributed by atoms with van der Waals surface area (Å²) in [4.78, 5) is 15.9. The summed E-state index contributed by atoms with van der Waals surface area (Å²) < 4.78 is 12.9. The Hall–Kier alpha value is -2.49. The van der Waals surface area contributed by atoms with Crippen LogP contribution in [0.4, 0.5) is 0 Å². The van der Waals surface area contributed by atoms with Gasteiger partial charge in [0, 0.05) is 17.0 Å². The van der Waals surface area contributed by atoms with Crippen molar-refractivity contribution in [3.05, 3.63) is 68.3 Å². The standard InChI is InChI=1S/C27H24Cl2N2O5S/c28-18-2-1-3-19(29)22(18)23-17(24(36-31-23)14-4-5-14)13-35-16-8-10-27(34,11-9-16)26-30-20-12-15(25(32)33)6-7-21(20)37-26/h1-3,6-7,12,14,16,34H,4-5,8-11,13H2,(H,32,33)/t16-,27+. The van der Waals surface area contributed by atoms with Gasteiger partial charge in [0.1, 0.15) is 22.1 Å². The second-order valence-corrected chi connectivity index (χ2v) is 11.6. The van der Waals surface area contributed by atoms with E-state index in [0.29, 0.717) is 70.0 Å². The van der Waals surface area contributed by atoms with Crippen molar-refractivity contribution in [1.29, 1.82) is 0 Å². The van der Waals surface area contributed by atoms with Crippen molar-refractivity contribution < 1.29 is 24.3 Å². The second kappa shape index (κ2) is 9.67. The maximum atomic E-state index is 11.4. The van der Waals surface area contributed by atoms with Crippen LogP contribution in [0.25, 0.3) is 21.5 Å². The zero-order valence-corrected chi connectivity index (χ0v) is 22.1. The highest BCUT2D eigenvalue weighted by Gasteiger charge is 2.39. The van der Waals surface area contributed by atoms with Gasteiger partial charge in [0.25, 0.3) is 0 Å². The van der Waals surface area contributed by atoms with Crippen LogP contribution in [0.5, 0.6) is 0 Å². The van der Waals surface area contributed by atoms with Gasteiger partial charge in [-0.2, -0.15) is 0 Å². The fourth-order valence-corrected chi connectivity index (χ4v) is 6.63. The lowest BCUT2D eigenvalue weighted by atomic mass is 9.83. The minimum absolute atomic E-state index is 0.0372. The van der Waals surface area contributed by atoms with Crippen molar-refractivity contribution in [2.24, 2.45) is 0 Å². The van der Waals surface area contributed by atoms with Crippen molar-refractivity contribution in [3.63, 3.8) is 0 Å². The summed E-state index contributed by atoms with van der Waals surface area (Å²) in [6.07, 6.45) is 4.43. The number of carbonyl (C=O) groups is 1. The number of ether oxygens (including phenoxy) is 1. The summed E-state index contributed by atoms with van der Waals surface area (Å²) in [5, 5.41) is 26.6. The highest BCUT2D eigenvalue weighted by atomic mass is 35.5. The van der Waals surface area contributed by atoms with E-state index in [0.717, 1.165) is 28.9 Å². The van der Waals surface area contributed by atoms with E-state index >= 15 is 0 Å². The number of benzene rings is 2. The van der Waals surface area contributed by atoms with Gasteiger partial charge in [-0.3, -0.25) is 0 Å². The molecule has 0 aliphatic heterocycles. The largest absolute Gasteiger partial charge is 0.478 e. The summed E-state index contributed by atoms with van der Waals surface area (Å²) in [5.41, 5.74) is 1.89. The van der Waals surface area contributed by atoms with E-state index < -0.39 is 11.6 Å². The molecular weight excluding hydrogens is 535 g/mol. The normalized spacial score (nSPS) is 22.0. The molecule has 2 aromatic carbocycles. The van der Waals surface area contributed by atoms with Crippen LogP contribution in [0, 0.1) is 0 Å². The lowest BCUT2D eigenvalue weighted by Crippen LogP contribution is -2.34. The molecule has 2 N–H and O–H groups in total. The topological polar surface area (TPSA) is 106 Å². The Morgan fingerprint density at radius 1 is 1.14 bits per heavy atom. The van der Waals surface area contributed by atoms with Gasteiger partial charge in [0.05, 0.1) is 38.5 Å². The third-order valence-corrected chi connectivity index (χ3v) is 9.08. The van der Waals surface area contributed by atoms with Crippen LogP contribution in [-0.2, 0) is 16.9 Å². The predicted octanol–water partition coefficient (Wildman–Crippen LogP) is 7.18. The molecule has 37 heavy (non-hydrogen) atoms. The Bertz CT molecular complexity index is 1470. The van der Waals surface area contributed by atoms with Gasteiger partial charge in [-0.15, -0.1) is 11.3 Å². The van der Waals surface area contributed by atoms with Gasteiger partial charge in [0.2, 0.25) is 0 Å². The van der Waals surface area contributed by atoms with Crippen LogP contribution in [-0.4, -0.2) is 32.4 Å². The molecule has 6 rings (SSSR count). The van der Waals surface area contributed by atoms with E-state index in [-0.39, 0.29) is 11.7 Å². The Morgan fingerprint density at radius 3 is 2.54 bits per heavy atom. The second-order valence-electron chi connectivity index (χ2n) is 9.79. The van der Waals surface area contributed by atoms with Crippen molar-refractivity contribution in [2.75, 3.05) is 0 Å². The predicted molar refractivity (Wildman–Crippen MR) is 141 cm³/mol. The summed E-state index contributed by atoms with van der Waals surface area (Å²) in [5.74, 6) is 0.192. The van der Waals surface area contributed by atoms with Crippen LogP contribution in [0.2, 0.25) is 10.0 Å². The van der Waals surface area contributed by atoms with Crippen LogP contribution in [0.3, 0.4) is 0 Å². The molecule has 2 saturated carbocycles. The molecule has 10 heteroatoms. The first-order valence-corrected chi connectivity index (χ1v) is 13.8. The molecule has 0 spiro atoms. The van der Waals surface area contributed by atoms with E-state index in [1.807, 2.05) is 0 Å². The number of nitrogens with zero attached hydrogens (tertiary/aromatic N) is 2. The quantitative estimate of drug-likeness (QED) is 0.247. The van der Waals surface area contributed by atoms with Gasteiger partial charge in [-0.05, 0) is 68.9 Å². The monoisotopic (exact) mass is 558 g/mol. The average molecular weight is 559 g/mol. The molecule has 2 heterocycles. The van der Waals surface area contributed by atoms with E-state index in [9.17, 15) is 15.0 Å². The molecule has 2 aliphatic carbocycles. The average Bonchev–Trinajstić information content (AvgIpc) is 3.49. The van der Waals surface area contributed by atoms with Crippen molar-refractivity contribution in [3.8, 4) is 11.3 Å². The molecule has 0 atom stereocenters. The molecule has 2 aliphatic rings. The highest BCUT2D eigenvalue weighted by molar-refractivity contribution is 7.18. The number of halogens is 2. The minimum atomic E-state index is -1.06. The Morgan fingerprint density at radius 2 is 1.86 bits per heavy atom. The maximum Gasteiger partial charge on any atom is 0.335 e. The summed E-state index contributed by atoms with van der Waals surface area (Å²) in [6, 6.07) is 10.2. The zero-order chi connectivity index (χ0) is 25.7. The van der Waals surface area contributed by atoms with Gasteiger partial charge in [-0.25, -0.2) is 9.78 Å². The summed E-state index contributed by atoms with van der Waals surface area (Å²) in [7, 11) is 0. The Balaban J connectivity index is 1.17. The third kappa shape index (κ3) is 4.77. The summed E-state index contributed by atoms with van der Waals surface area (Å²) >= 11 is 14.3. The van der Waals surface area contributed by atoms with Gasteiger partial charge >= 0.3 is 5.97 Å². The number of hydrogen-bond donors (Lipinski definition) is 2. The van der Waals surface area contributed by atoms with E-state index in [2.05, 4.69) is 10.1 Å². The number of thiazole rings is 1. The molecule has 2 fully saturated rings. The fourth-order valence-electron chi connectivity index (χ4n) is 4.96. The number of fused-ring (bicyclic) bond motifs is 1. The minimum Gasteiger partial charge on any atom is -0.478 e. The fraction of sp³-hybridized carbons (Fsp3) is 0.370. The molecule has 0 bridgehead atoms.